The van der Waals surface area contributed by atoms with Crippen LogP contribution in [0.4, 0.5) is 0 Å². The summed E-state index contributed by atoms with van der Waals surface area (Å²) in [5.74, 6) is 0. The predicted octanol–water partition coefficient (Wildman–Crippen LogP) is 1.78. The van der Waals surface area contributed by atoms with Crippen LogP contribution in [0, 0.1) is 0 Å². The van der Waals surface area contributed by atoms with E-state index in [0.717, 1.165) is 0 Å². The van der Waals surface area contributed by atoms with E-state index in [4.69, 9.17) is 0 Å². The van der Waals surface area contributed by atoms with E-state index in [0.29, 0.717) is 0 Å². The van der Waals surface area contributed by atoms with Gasteiger partial charge in [0.05, 0.1) is 0 Å². The summed E-state index contributed by atoms with van der Waals surface area (Å²) in [4.78, 5) is 0. The maximum absolute atomic E-state index is 3.10. The third kappa shape index (κ3) is 22.0. The Kier molecular flexibility index (Phi) is 13.0. The normalized spacial score (nSPS) is 5.40. The van der Waals surface area contributed by atoms with Crippen molar-refractivity contribution in [2.24, 2.45) is 0 Å². The zero-order chi connectivity index (χ0) is 3.58. The Labute approximate surface area is 73.4 Å². The Morgan fingerprint density at radius 3 is 1.00 bits per heavy atom. The molecule has 0 atom stereocenters. The molecule has 0 aromatic carbocycles. The Morgan fingerprint density at radius 1 is 1.00 bits per heavy atom. The minimum atomic E-state index is 0. The molecule has 0 heterocycles. The van der Waals surface area contributed by atoms with Gasteiger partial charge in [0.25, 0.3) is 0 Å². The van der Waals surface area contributed by atoms with E-state index in [9.17, 15) is 0 Å². The minimum Gasteiger partial charge on any atom is -0.123 e. The molecule has 0 N–H and O–H groups in total. The minimum absolute atomic E-state index is 0. The van der Waals surface area contributed by atoms with Crippen molar-refractivity contribution in [1.29, 1.82) is 0 Å². The van der Waals surface area contributed by atoms with Gasteiger partial charge in [-0.05, 0) is 0 Å². The quantitative estimate of drug-likeness (QED) is 0.571. The average Bonchev–Trinajstić information content (AvgIpc) is 0.811. The summed E-state index contributed by atoms with van der Waals surface area (Å²) >= 11 is 9.31. The molecule has 0 aromatic rings. The molecule has 5 heavy (non-hydrogen) atoms. The van der Waals surface area contributed by atoms with Crippen LogP contribution in [-0.4, -0.2) is 27.1 Å². The summed E-state index contributed by atoms with van der Waals surface area (Å²) in [5, 5.41) is 0. The number of hydrogen-bond donors (Lipinski definition) is 0. The molecule has 5 heteroatoms. The topological polar surface area (TPSA) is 0 Å². The first kappa shape index (κ1) is 10.3. The van der Waals surface area contributed by atoms with Gasteiger partial charge in [-0.3, -0.25) is 0 Å². The van der Waals surface area contributed by atoms with Gasteiger partial charge in [-0.25, -0.2) is 0 Å². The summed E-state index contributed by atoms with van der Waals surface area (Å²) in [6, 6.07) is 0. The van der Waals surface area contributed by atoms with E-state index in [2.05, 4.69) is 47.3 Å². The van der Waals surface area contributed by atoms with Crippen LogP contribution >= 0.6 is 47.3 Å². The second-order valence-corrected chi connectivity index (χ2v) is 6.68. The fourth-order valence-corrected chi connectivity index (χ4v) is 0. The van der Waals surface area contributed by atoms with Crippen LogP contribution in [0.25, 0.3) is 0 Å². The van der Waals surface area contributed by atoms with Crippen LogP contribution in [0.5, 0.6) is 0 Å². The van der Waals surface area contributed by atoms with Crippen LogP contribution in [0.1, 0.15) is 0 Å². The standard InChI is InChI=1S/BBr3.Sn/c2-1(3)4;. The maximum Gasteiger partial charge on any atom is 0.369 e. The Balaban J connectivity index is 0. The van der Waals surface area contributed by atoms with Crippen molar-refractivity contribution in [3.63, 3.8) is 0 Å². The van der Waals surface area contributed by atoms with Crippen molar-refractivity contribution in [2.75, 3.05) is 0 Å². The summed E-state index contributed by atoms with van der Waals surface area (Å²) in [7, 11) is 0. The van der Waals surface area contributed by atoms with Crippen molar-refractivity contribution in [1.82, 2.24) is 0 Å². The van der Waals surface area contributed by atoms with Crippen molar-refractivity contribution in [3.8, 4) is 0 Å². The first-order valence-corrected chi connectivity index (χ1v) is 3.40. The monoisotopic (exact) mass is 368 g/mol. The van der Waals surface area contributed by atoms with Gasteiger partial charge in [0.2, 0.25) is 0 Å². The third-order valence-electron chi connectivity index (χ3n) is 0. The maximum atomic E-state index is 3.10. The zero-order valence-corrected chi connectivity index (χ0v) is 9.82. The molecule has 28 valence electrons. The van der Waals surface area contributed by atoms with Gasteiger partial charge in [0, 0.05) is 23.9 Å². The summed E-state index contributed by atoms with van der Waals surface area (Å²) in [6.45, 7) is 0. The molecule has 0 spiro atoms. The molecule has 0 aliphatic rings. The van der Waals surface area contributed by atoms with Gasteiger partial charge in [-0.15, -0.1) is 47.3 Å². The Morgan fingerprint density at radius 2 is 1.00 bits per heavy atom. The largest absolute Gasteiger partial charge is 0.369 e. The van der Waals surface area contributed by atoms with Gasteiger partial charge in [0.15, 0.2) is 0 Å². The van der Waals surface area contributed by atoms with Crippen molar-refractivity contribution in [3.05, 3.63) is 0 Å². The SMILES string of the molecule is BrB(Br)Br.[Sn]. The van der Waals surface area contributed by atoms with E-state index in [1.165, 1.54) is 0 Å². The van der Waals surface area contributed by atoms with E-state index >= 15 is 0 Å². The molecule has 0 saturated heterocycles. The number of halogens is 3. The van der Waals surface area contributed by atoms with Gasteiger partial charge in [-0.2, -0.15) is 0 Å². The van der Waals surface area contributed by atoms with Gasteiger partial charge < -0.3 is 0 Å². The van der Waals surface area contributed by atoms with Crippen molar-refractivity contribution in [2.45, 2.75) is 0 Å². The molecular formula is BBr3Sn. The molecule has 0 amide bonds. The van der Waals surface area contributed by atoms with Gasteiger partial charge in [-0.1, -0.05) is 0 Å². The Bertz CT molecular complexity index is 11.6. The van der Waals surface area contributed by atoms with Crippen LogP contribution in [-0.2, 0) is 0 Å². The van der Waals surface area contributed by atoms with E-state index in [-0.39, 0.29) is 27.1 Å². The number of rotatable bonds is 0. The first-order chi connectivity index (χ1) is 1.73. The predicted molar refractivity (Wildman–Crippen MR) is 38.3 cm³/mol. The summed E-state index contributed by atoms with van der Waals surface area (Å²) in [6.07, 6.45) is 0. The second-order valence-electron chi connectivity index (χ2n) is 0.247. The van der Waals surface area contributed by atoms with Crippen LogP contribution in [0.3, 0.4) is 0 Å². The first-order valence-electron chi connectivity index (χ1n) is 0.655. The fourth-order valence-electron chi connectivity index (χ4n) is 0. The Hall–Kier alpha value is 2.30. The van der Waals surface area contributed by atoms with Crippen molar-refractivity contribution < 1.29 is 0 Å². The molecule has 0 aliphatic heterocycles. The van der Waals surface area contributed by atoms with Crippen LogP contribution < -0.4 is 0 Å². The van der Waals surface area contributed by atoms with Crippen LogP contribution in [0.2, 0.25) is 0 Å². The zero-order valence-electron chi connectivity index (χ0n) is 2.21. The van der Waals surface area contributed by atoms with Gasteiger partial charge in [0.1, 0.15) is 0 Å². The number of hydrogen-bond acceptors (Lipinski definition) is 0. The smallest absolute Gasteiger partial charge is 0.123 e. The molecule has 0 unspecified atom stereocenters. The van der Waals surface area contributed by atoms with Crippen molar-refractivity contribution >= 4 is 74.4 Å². The average molecular weight is 369 g/mol. The third-order valence-corrected chi connectivity index (χ3v) is 0. The van der Waals surface area contributed by atoms with Gasteiger partial charge >= 0.3 is 3.18 Å². The fraction of sp³-hybridized carbons (Fsp3) is 0. The van der Waals surface area contributed by atoms with E-state index in [1.807, 2.05) is 0 Å². The summed E-state index contributed by atoms with van der Waals surface area (Å²) in [5.41, 5.74) is 0. The molecule has 0 aromatic heterocycles. The molecule has 0 fully saturated rings. The van der Waals surface area contributed by atoms with E-state index < -0.39 is 0 Å². The molecule has 0 aliphatic carbocycles. The van der Waals surface area contributed by atoms with E-state index in [1.54, 1.807) is 0 Å². The molecule has 0 saturated carbocycles. The second kappa shape index (κ2) is 6.30. The molecule has 4 radical (unpaired) electrons. The molecule has 0 nitrogen and oxygen atoms in total. The molecular weight excluding hydrogens is 369 g/mol. The molecule has 0 rings (SSSR count). The summed E-state index contributed by atoms with van der Waals surface area (Å²) < 4.78 is 0.271. The molecule has 0 bridgehead atoms. The van der Waals surface area contributed by atoms with Crippen LogP contribution in [0.15, 0.2) is 0 Å².